The van der Waals surface area contributed by atoms with Gasteiger partial charge in [0.05, 0.1) is 13.7 Å². The Hall–Kier alpha value is -1.10. The minimum atomic E-state index is -0.198. The molecule has 2 fully saturated rings. The number of hydrogen-bond acceptors (Lipinski definition) is 4. The number of hydrogen-bond donors (Lipinski definition) is 1. The Morgan fingerprint density at radius 1 is 1.24 bits per heavy atom. The summed E-state index contributed by atoms with van der Waals surface area (Å²) in [4.78, 5) is 25.6. The maximum absolute atomic E-state index is 11.9. The SMILES string of the molecule is COC(=O)CN1CC(CC2CC2)CC(NC(=O)C(C)C)C1. The molecule has 1 saturated heterocycles. The summed E-state index contributed by atoms with van der Waals surface area (Å²) >= 11 is 0. The van der Waals surface area contributed by atoms with Crippen molar-refractivity contribution in [2.75, 3.05) is 26.7 Å². The van der Waals surface area contributed by atoms with Crippen LogP contribution in [0.2, 0.25) is 0 Å². The van der Waals surface area contributed by atoms with Gasteiger partial charge in [-0.1, -0.05) is 26.7 Å². The van der Waals surface area contributed by atoms with Crippen molar-refractivity contribution < 1.29 is 14.3 Å². The molecular weight excluding hydrogens is 268 g/mol. The van der Waals surface area contributed by atoms with Crippen LogP contribution in [0.5, 0.6) is 0 Å². The van der Waals surface area contributed by atoms with Gasteiger partial charge in [-0.05, 0) is 24.7 Å². The van der Waals surface area contributed by atoms with Gasteiger partial charge in [-0.2, -0.15) is 0 Å². The van der Waals surface area contributed by atoms with E-state index in [1.165, 1.54) is 26.4 Å². The number of rotatable bonds is 6. The number of nitrogens with one attached hydrogen (secondary N) is 1. The lowest BCUT2D eigenvalue weighted by Gasteiger charge is -2.38. The maximum Gasteiger partial charge on any atom is 0.319 e. The number of methoxy groups -OCH3 is 1. The van der Waals surface area contributed by atoms with Crippen molar-refractivity contribution in [3.8, 4) is 0 Å². The minimum absolute atomic E-state index is 0.00265. The molecule has 21 heavy (non-hydrogen) atoms. The minimum Gasteiger partial charge on any atom is -0.468 e. The fraction of sp³-hybridized carbons (Fsp3) is 0.875. The van der Waals surface area contributed by atoms with Gasteiger partial charge in [-0.3, -0.25) is 14.5 Å². The lowest BCUT2D eigenvalue weighted by Crippen LogP contribution is -2.52. The molecule has 5 nitrogen and oxygen atoms in total. The lowest BCUT2D eigenvalue weighted by molar-refractivity contribution is -0.142. The highest BCUT2D eigenvalue weighted by Crippen LogP contribution is 2.37. The van der Waals surface area contributed by atoms with Crippen molar-refractivity contribution in [3.63, 3.8) is 0 Å². The first kappa shape index (κ1) is 16.3. The fourth-order valence-electron chi connectivity index (χ4n) is 3.15. The van der Waals surface area contributed by atoms with E-state index in [1.54, 1.807) is 0 Å². The van der Waals surface area contributed by atoms with Gasteiger partial charge < -0.3 is 10.1 Å². The average molecular weight is 296 g/mol. The molecule has 0 aromatic rings. The Morgan fingerprint density at radius 3 is 2.52 bits per heavy atom. The van der Waals surface area contributed by atoms with Gasteiger partial charge in [-0.15, -0.1) is 0 Å². The molecule has 1 amide bonds. The van der Waals surface area contributed by atoms with E-state index in [0.717, 1.165) is 25.4 Å². The van der Waals surface area contributed by atoms with Crippen LogP contribution in [0.15, 0.2) is 0 Å². The Kier molecular flexibility index (Phi) is 5.62. The van der Waals surface area contributed by atoms with E-state index < -0.39 is 0 Å². The van der Waals surface area contributed by atoms with Crippen LogP contribution in [0, 0.1) is 17.8 Å². The third kappa shape index (κ3) is 5.30. The van der Waals surface area contributed by atoms with Gasteiger partial charge in [-0.25, -0.2) is 0 Å². The first-order valence-electron chi connectivity index (χ1n) is 8.07. The van der Waals surface area contributed by atoms with E-state index in [9.17, 15) is 9.59 Å². The Morgan fingerprint density at radius 2 is 1.95 bits per heavy atom. The quantitative estimate of drug-likeness (QED) is 0.753. The molecule has 1 aliphatic heterocycles. The van der Waals surface area contributed by atoms with E-state index in [2.05, 4.69) is 10.2 Å². The van der Waals surface area contributed by atoms with Crippen LogP contribution in [-0.2, 0) is 14.3 Å². The van der Waals surface area contributed by atoms with Crippen LogP contribution < -0.4 is 5.32 Å². The number of piperidine rings is 1. The topological polar surface area (TPSA) is 58.6 Å². The number of ether oxygens (including phenoxy) is 1. The molecule has 0 spiro atoms. The molecule has 2 rings (SSSR count). The molecule has 2 aliphatic rings. The van der Waals surface area contributed by atoms with Crippen LogP contribution >= 0.6 is 0 Å². The Bertz CT molecular complexity index is 380. The summed E-state index contributed by atoms with van der Waals surface area (Å²) in [6, 6.07) is 0.155. The molecule has 1 saturated carbocycles. The predicted octanol–water partition coefficient (Wildman–Crippen LogP) is 1.42. The van der Waals surface area contributed by atoms with Gasteiger partial charge in [0.15, 0.2) is 0 Å². The summed E-state index contributed by atoms with van der Waals surface area (Å²) in [5.74, 6) is 1.35. The second kappa shape index (κ2) is 7.25. The van der Waals surface area contributed by atoms with Gasteiger partial charge in [0.1, 0.15) is 0 Å². The second-order valence-electron chi connectivity index (χ2n) is 6.91. The van der Waals surface area contributed by atoms with Crippen molar-refractivity contribution in [2.45, 2.75) is 45.6 Å². The number of amides is 1. The summed E-state index contributed by atoms with van der Waals surface area (Å²) < 4.78 is 4.77. The lowest BCUT2D eigenvalue weighted by atomic mass is 9.89. The van der Waals surface area contributed by atoms with E-state index >= 15 is 0 Å². The fourth-order valence-corrected chi connectivity index (χ4v) is 3.15. The third-order valence-electron chi connectivity index (χ3n) is 4.43. The van der Waals surface area contributed by atoms with Gasteiger partial charge in [0.25, 0.3) is 0 Å². The van der Waals surface area contributed by atoms with Gasteiger partial charge in [0.2, 0.25) is 5.91 Å². The maximum atomic E-state index is 11.9. The number of nitrogens with zero attached hydrogens (tertiary/aromatic N) is 1. The van der Waals surface area contributed by atoms with E-state index in [0.29, 0.717) is 12.5 Å². The van der Waals surface area contributed by atoms with Crippen molar-refractivity contribution in [1.82, 2.24) is 10.2 Å². The number of esters is 1. The molecule has 0 aromatic heterocycles. The molecule has 2 atom stereocenters. The van der Waals surface area contributed by atoms with Crippen LogP contribution in [0.3, 0.4) is 0 Å². The molecule has 0 bridgehead atoms. The normalized spacial score (nSPS) is 26.7. The standard InChI is InChI=1S/C16H28N2O3/c1-11(2)16(20)17-14-7-13(6-12-4-5-12)8-18(9-14)10-15(19)21-3/h11-14H,4-10H2,1-3H3,(H,17,20). The first-order valence-corrected chi connectivity index (χ1v) is 8.07. The molecule has 120 valence electrons. The smallest absolute Gasteiger partial charge is 0.319 e. The molecule has 1 aliphatic carbocycles. The van der Waals surface area contributed by atoms with Gasteiger partial charge in [0, 0.05) is 25.0 Å². The largest absolute Gasteiger partial charge is 0.468 e. The summed E-state index contributed by atoms with van der Waals surface area (Å²) in [7, 11) is 1.42. The zero-order chi connectivity index (χ0) is 15.4. The van der Waals surface area contributed by atoms with E-state index in [1.807, 2.05) is 13.8 Å². The van der Waals surface area contributed by atoms with Crippen molar-refractivity contribution in [1.29, 1.82) is 0 Å². The highest BCUT2D eigenvalue weighted by molar-refractivity contribution is 5.78. The predicted molar refractivity (Wildman–Crippen MR) is 80.7 cm³/mol. The number of carbonyl (C=O) groups excluding carboxylic acids is 2. The monoisotopic (exact) mass is 296 g/mol. The van der Waals surface area contributed by atoms with Crippen LogP contribution in [0.4, 0.5) is 0 Å². The summed E-state index contributed by atoms with van der Waals surface area (Å²) in [6.07, 6.45) is 4.95. The molecule has 2 unspecified atom stereocenters. The highest BCUT2D eigenvalue weighted by Gasteiger charge is 2.33. The molecule has 0 radical (unpaired) electrons. The highest BCUT2D eigenvalue weighted by atomic mass is 16.5. The molecular formula is C16H28N2O3. The molecule has 0 aromatic carbocycles. The van der Waals surface area contributed by atoms with E-state index in [4.69, 9.17) is 4.74 Å². The zero-order valence-electron chi connectivity index (χ0n) is 13.4. The van der Waals surface area contributed by atoms with Crippen molar-refractivity contribution in [3.05, 3.63) is 0 Å². The number of likely N-dealkylation sites (tertiary alicyclic amines) is 1. The van der Waals surface area contributed by atoms with E-state index in [-0.39, 0.29) is 23.8 Å². The zero-order valence-corrected chi connectivity index (χ0v) is 13.4. The third-order valence-corrected chi connectivity index (χ3v) is 4.43. The van der Waals surface area contributed by atoms with Crippen molar-refractivity contribution >= 4 is 11.9 Å². The van der Waals surface area contributed by atoms with Gasteiger partial charge >= 0.3 is 5.97 Å². The van der Waals surface area contributed by atoms with Crippen LogP contribution in [0.25, 0.3) is 0 Å². The summed E-state index contributed by atoms with van der Waals surface area (Å²) in [5.41, 5.74) is 0. The van der Waals surface area contributed by atoms with Crippen LogP contribution in [0.1, 0.15) is 39.5 Å². The number of carbonyl (C=O) groups is 2. The summed E-state index contributed by atoms with van der Waals surface area (Å²) in [5, 5.41) is 3.13. The second-order valence-corrected chi connectivity index (χ2v) is 6.91. The molecule has 1 heterocycles. The molecule has 1 N–H and O–H groups in total. The summed E-state index contributed by atoms with van der Waals surface area (Å²) in [6.45, 7) is 5.83. The average Bonchev–Trinajstić information content (AvgIpc) is 3.22. The van der Waals surface area contributed by atoms with Crippen LogP contribution in [-0.4, -0.2) is 49.6 Å². The first-order chi connectivity index (χ1) is 9.97. The Balaban J connectivity index is 1.91. The molecule has 5 heteroatoms. The Labute approximate surface area is 127 Å². The van der Waals surface area contributed by atoms with Crippen molar-refractivity contribution in [2.24, 2.45) is 17.8 Å².